The number of halogens is 1. The lowest BCUT2D eigenvalue weighted by atomic mass is 10.1. The summed E-state index contributed by atoms with van der Waals surface area (Å²) in [5, 5.41) is 0.473. The Bertz CT molecular complexity index is 1080. The lowest BCUT2D eigenvalue weighted by molar-refractivity contribution is -0.147. The summed E-state index contributed by atoms with van der Waals surface area (Å²) < 4.78 is 10.9. The van der Waals surface area contributed by atoms with Crippen LogP contribution in [0.15, 0.2) is 40.8 Å². The zero-order valence-corrected chi connectivity index (χ0v) is 16.3. The summed E-state index contributed by atoms with van der Waals surface area (Å²) in [6.45, 7) is 4.32. The summed E-state index contributed by atoms with van der Waals surface area (Å²) in [5.74, 6) is -0.540. The van der Waals surface area contributed by atoms with E-state index in [2.05, 4.69) is 4.98 Å². The standard InChI is InChI=1S/C21H19ClN2O4/c1-3-27-21(26)13-9-19(25)24(11-13)14-5-6-16(22)15(10-14)20-23-17-8-12(2)4-7-18(17)28-20/h4-8,10,13H,3,9,11H2,1-2H3. The maximum absolute atomic E-state index is 12.5. The Morgan fingerprint density at radius 1 is 1.32 bits per heavy atom. The molecule has 3 aromatic rings. The Morgan fingerprint density at radius 3 is 2.93 bits per heavy atom. The molecule has 6 nitrogen and oxygen atoms in total. The van der Waals surface area contributed by atoms with Crippen LogP contribution in [0.25, 0.3) is 22.6 Å². The first-order valence-corrected chi connectivity index (χ1v) is 9.48. The Labute approximate surface area is 167 Å². The summed E-state index contributed by atoms with van der Waals surface area (Å²) in [7, 11) is 0. The van der Waals surface area contributed by atoms with Crippen molar-refractivity contribution in [2.24, 2.45) is 5.92 Å². The van der Waals surface area contributed by atoms with Crippen molar-refractivity contribution in [2.75, 3.05) is 18.1 Å². The number of nitrogens with zero attached hydrogens (tertiary/aromatic N) is 2. The van der Waals surface area contributed by atoms with E-state index in [1.165, 1.54) is 0 Å². The third kappa shape index (κ3) is 3.36. The monoisotopic (exact) mass is 398 g/mol. The van der Waals surface area contributed by atoms with Crippen molar-refractivity contribution in [2.45, 2.75) is 20.3 Å². The summed E-state index contributed by atoms with van der Waals surface area (Å²) >= 11 is 6.38. The molecule has 1 amide bonds. The maximum Gasteiger partial charge on any atom is 0.311 e. The molecular weight excluding hydrogens is 380 g/mol. The van der Waals surface area contributed by atoms with Crippen LogP contribution in [0, 0.1) is 12.8 Å². The minimum Gasteiger partial charge on any atom is -0.466 e. The third-order valence-electron chi connectivity index (χ3n) is 4.78. The largest absolute Gasteiger partial charge is 0.466 e. The molecule has 144 valence electrons. The number of esters is 1. The zero-order valence-electron chi connectivity index (χ0n) is 15.6. The average Bonchev–Trinajstić information content (AvgIpc) is 3.25. The van der Waals surface area contributed by atoms with Gasteiger partial charge in [-0.2, -0.15) is 0 Å². The van der Waals surface area contributed by atoms with Gasteiger partial charge in [-0.05, 0) is 49.7 Å². The quantitative estimate of drug-likeness (QED) is 0.610. The molecule has 0 N–H and O–H groups in total. The fourth-order valence-corrected chi connectivity index (χ4v) is 3.57. The van der Waals surface area contributed by atoms with Gasteiger partial charge >= 0.3 is 5.97 Å². The molecule has 0 aliphatic carbocycles. The van der Waals surface area contributed by atoms with Crippen LogP contribution in [0.2, 0.25) is 5.02 Å². The van der Waals surface area contributed by atoms with Gasteiger partial charge in [0.15, 0.2) is 5.58 Å². The predicted molar refractivity (Wildman–Crippen MR) is 106 cm³/mol. The predicted octanol–water partition coefficient (Wildman–Crippen LogP) is 4.37. The van der Waals surface area contributed by atoms with Crippen LogP contribution in [0.5, 0.6) is 0 Å². The van der Waals surface area contributed by atoms with Gasteiger partial charge in [0.2, 0.25) is 11.8 Å². The zero-order chi connectivity index (χ0) is 19.8. The van der Waals surface area contributed by atoms with Crippen LogP contribution in [-0.2, 0) is 14.3 Å². The number of aromatic nitrogens is 1. The first kappa shape index (κ1) is 18.5. The number of amides is 1. The van der Waals surface area contributed by atoms with Gasteiger partial charge in [-0.3, -0.25) is 9.59 Å². The molecular formula is C21H19ClN2O4. The number of oxazole rings is 1. The van der Waals surface area contributed by atoms with E-state index in [0.29, 0.717) is 34.4 Å². The highest BCUT2D eigenvalue weighted by molar-refractivity contribution is 6.33. The molecule has 2 aromatic carbocycles. The molecule has 4 rings (SSSR count). The molecule has 1 aromatic heterocycles. The van der Waals surface area contributed by atoms with Crippen LogP contribution in [0.1, 0.15) is 18.9 Å². The van der Waals surface area contributed by atoms with Crippen molar-refractivity contribution >= 4 is 40.3 Å². The average molecular weight is 399 g/mol. The normalized spacial score (nSPS) is 16.8. The summed E-state index contributed by atoms with van der Waals surface area (Å²) in [6.07, 6.45) is 0.138. The fraction of sp³-hybridized carbons (Fsp3) is 0.286. The maximum atomic E-state index is 12.5. The fourth-order valence-electron chi connectivity index (χ4n) is 3.37. The highest BCUT2D eigenvalue weighted by Crippen LogP contribution is 2.35. The molecule has 1 aliphatic rings. The number of carbonyl (C=O) groups excluding carboxylic acids is 2. The van der Waals surface area contributed by atoms with Gasteiger partial charge in [0, 0.05) is 18.7 Å². The smallest absolute Gasteiger partial charge is 0.311 e. The second kappa shape index (κ2) is 7.28. The molecule has 1 unspecified atom stereocenters. The molecule has 7 heteroatoms. The second-order valence-corrected chi connectivity index (χ2v) is 7.22. The van der Waals surface area contributed by atoms with E-state index in [4.69, 9.17) is 20.8 Å². The second-order valence-electron chi connectivity index (χ2n) is 6.81. The number of anilines is 1. The van der Waals surface area contributed by atoms with Crippen LogP contribution in [0.4, 0.5) is 5.69 Å². The van der Waals surface area contributed by atoms with Gasteiger partial charge < -0.3 is 14.1 Å². The van der Waals surface area contributed by atoms with E-state index in [0.717, 1.165) is 11.1 Å². The lowest BCUT2D eigenvalue weighted by Crippen LogP contribution is -2.26. The molecule has 0 bridgehead atoms. The summed E-state index contributed by atoms with van der Waals surface area (Å²) in [6, 6.07) is 11.0. The van der Waals surface area contributed by atoms with Gasteiger partial charge in [-0.25, -0.2) is 4.98 Å². The van der Waals surface area contributed by atoms with Gasteiger partial charge in [0.05, 0.1) is 23.1 Å². The molecule has 2 heterocycles. The molecule has 0 radical (unpaired) electrons. The number of fused-ring (bicyclic) bond motifs is 1. The Kier molecular flexibility index (Phi) is 4.81. The minimum atomic E-state index is -0.459. The number of ether oxygens (including phenoxy) is 1. The van der Waals surface area contributed by atoms with Gasteiger partial charge in [-0.1, -0.05) is 17.7 Å². The SMILES string of the molecule is CCOC(=O)C1CC(=O)N(c2ccc(Cl)c(-c3nc4cc(C)ccc4o3)c2)C1. The van der Waals surface area contributed by atoms with Crippen molar-refractivity contribution in [3.05, 3.63) is 47.0 Å². The van der Waals surface area contributed by atoms with E-state index >= 15 is 0 Å². The van der Waals surface area contributed by atoms with Crippen molar-refractivity contribution < 1.29 is 18.7 Å². The van der Waals surface area contributed by atoms with Crippen molar-refractivity contribution in [1.29, 1.82) is 0 Å². The van der Waals surface area contributed by atoms with Crippen LogP contribution >= 0.6 is 11.6 Å². The molecule has 1 fully saturated rings. The number of hydrogen-bond donors (Lipinski definition) is 0. The Morgan fingerprint density at radius 2 is 2.14 bits per heavy atom. The molecule has 28 heavy (non-hydrogen) atoms. The minimum absolute atomic E-state index is 0.125. The van der Waals surface area contributed by atoms with E-state index in [1.54, 1.807) is 30.0 Å². The van der Waals surface area contributed by atoms with Gasteiger partial charge in [-0.15, -0.1) is 0 Å². The van der Waals surface area contributed by atoms with Crippen molar-refractivity contribution in [1.82, 2.24) is 4.98 Å². The molecule has 1 saturated heterocycles. The van der Waals surface area contributed by atoms with E-state index in [9.17, 15) is 9.59 Å². The van der Waals surface area contributed by atoms with E-state index in [-0.39, 0.29) is 24.8 Å². The number of benzene rings is 2. The first-order valence-electron chi connectivity index (χ1n) is 9.10. The number of rotatable bonds is 4. The van der Waals surface area contributed by atoms with Crippen LogP contribution < -0.4 is 4.90 Å². The Balaban J connectivity index is 1.67. The molecule has 0 spiro atoms. The molecule has 0 saturated carbocycles. The third-order valence-corrected chi connectivity index (χ3v) is 5.11. The molecule has 1 aliphatic heterocycles. The summed E-state index contributed by atoms with van der Waals surface area (Å²) in [5.41, 5.74) is 3.74. The van der Waals surface area contributed by atoms with Gasteiger partial charge in [0.25, 0.3) is 0 Å². The highest BCUT2D eigenvalue weighted by atomic mass is 35.5. The first-order chi connectivity index (χ1) is 13.5. The number of carbonyl (C=O) groups is 2. The topological polar surface area (TPSA) is 72.6 Å². The highest BCUT2D eigenvalue weighted by Gasteiger charge is 2.36. The van der Waals surface area contributed by atoms with Crippen molar-refractivity contribution in [3.8, 4) is 11.5 Å². The van der Waals surface area contributed by atoms with Gasteiger partial charge in [0.1, 0.15) is 5.52 Å². The lowest BCUT2D eigenvalue weighted by Gasteiger charge is -2.17. The van der Waals surface area contributed by atoms with E-state index < -0.39 is 5.92 Å². The van der Waals surface area contributed by atoms with Crippen molar-refractivity contribution in [3.63, 3.8) is 0 Å². The number of aryl methyl sites for hydroxylation is 1. The van der Waals surface area contributed by atoms with Crippen LogP contribution in [-0.4, -0.2) is 30.0 Å². The number of hydrogen-bond acceptors (Lipinski definition) is 5. The van der Waals surface area contributed by atoms with Crippen LogP contribution in [0.3, 0.4) is 0 Å². The van der Waals surface area contributed by atoms with E-state index in [1.807, 2.05) is 25.1 Å². The molecule has 1 atom stereocenters. The Hall–Kier alpha value is -2.86. The summed E-state index contributed by atoms with van der Waals surface area (Å²) in [4.78, 5) is 30.5.